The van der Waals surface area contributed by atoms with Crippen LogP contribution in [-0.4, -0.2) is 74.8 Å². The zero-order valence-corrected chi connectivity index (χ0v) is 11.0. The molecule has 1 saturated heterocycles. The Labute approximate surface area is 104 Å². The fourth-order valence-electron chi connectivity index (χ4n) is 1.84. The molecule has 17 heavy (non-hydrogen) atoms. The monoisotopic (exact) mass is 246 g/mol. The van der Waals surface area contributed by atoms with Crippen LogP contribution in [0.25, 0.3) is 0 Å². The van der Waals surface area contributed by atoms with E-state index in [1.54, 1.807) is 0 Å². The second-order valence-corrected chi connectivity index (χ2v) is 4.54. The molecule has 1 heterocycles. The smallest absolute Gasteiger partial charge is 0.0791 e. The average Bonchev–Trinajstić information content (AvgIpc) is 2.35. The molecule has 0 radical (unpaired) electrons. The van der Waals surface area contributed by atoms with E-state index in [4.69, 9.17) is 9.47 Å². The third kappa shape index (κ3) is 6.95. The summed E-state index contributed by atoms with van der Waals surface area (Å²) in [4.78, 5) is 2.24. The minimum atomic E-state index is -0.322. The van der Waals surface area contributed by atoms with Gasteiger partial charge in [-0.2, -0.15) is 0 Å². The quantitative estimate of drug-likeness (QED) is 0.615. The van der Waals surface area contributed by atoms with E-state index >= 15 is 0 Å². The third-order valence-electron chi connectivity index (χ3n) is 2.85. The van der Waals surface area contributed by atoms with Crippen molar-refractivity contribution in [2.75, 3.05) is 52.6 Å². The summed E-state index contributed by atoms with van der Waals surface area (Å²) in [5, 5.41) is 13.2. The number of nitrogens with zero attached hydrogens (tertiary/aromatic N) is 1. The van der Waals surface area contributed by atoms with Gasteiger partial charge in [0, 0.05) is 38.8 Å². The summed E-state index contributed by atoms with van der Waals surface area (Å²) in [7, 11) is 0. The predicted octanol–water partition coefficient (Wildman–Crippen LogP) is -0.306. The van der Waals surface area contributed by atoms with Crippen molar-refractivity contribution in [3.63, 3.8) is 0 Å². The van der Waals surface area contributed by atoms with Gasteiger partial charge in [0.05, 0.1) is 25.9 Å². The number of hydrogen-bond donors (Lipinski definition) is 2. The van der Waals surface area contributed by atoms with Crippen molar-refractivity contribution in [3.8, 4) is 0 Å². The highest BCUT2D eigenvalue weighted by Crippen LogP contribution is 1.98. The predicted molar refractivity (Wildman–Crippen MR) is 67.2 cm³/mol. The van der Waals surface area contributed by atoms with E-state index in [0.29, 0.717) is 13.2 Å². The average molecular weight is 246 g/mol. The van der Waals surface area contributed by atoms with E-state index in [2.05, 4.69) is 17.1 Å². The Morgan fingerprint density at radius 2 is 2.12 bits per heavy atom. The molecule has 0 aromatic rings. The van der Waals surface area contributed by atoms with E-state index in [1.807, 2.05) is 6.92 Å². The lowest BCUT2D eigenvalue weighted by Crippen LogP contribution is -2.45. The van der Waals surface area contributed by atoms with E-state index < -0.39 is 0 Å². The highest BCUT2D eigenvalue weighted by Gasteiger charge is 2.15. The maximum absolute atomic E-state index is 9.89. The number of aliphatic hydroxyl groups is 1. The number of rotatable bonds is 8. The molecule has 5 nitrogen and oxygen atoms in total. The van der Waals surface area contributed by atoms with E-state index in [1.165, 1.54) is 0 Å². The molecule has 1 aliphatic heterocycles. The maximum atomic E-state index is 9.89. The van der Waals surface area contributed by atoms with Crippen molar-refractivity contribution in [2.45, 2.75) is 26.0 Å². The highest BCUT2D eigenvalue weighted by atomic mass is 16.5. The molecular weight excluding hydrogens is 220 g/mol. The Bertz CT molecular complexity index is 187. The minimum Gasteiger partial charge on any atom is -0.390 e. The molecule has 0 aromatic heterocycles. The van der Waals surface area contributed by atoms with Gasteiger partial charge >= 0.3 is 0 Å². The Morgan fingerprint density at radius 1 is 1.41 bits per heavy atom. The van der Waals surface area contributed by atoms with Crippen molar-refractivity contribution in [1.82, 2.24) is 10.2 Å². The Morgan fingerprint density at radius 3 is 2.76 bits per heavy atom. The largest absolute Gasteiger partial charge is 0.390 e. The van der Waals surface area contributed by atoms with Gasteiger partial charge < -0.3 is 19.9 Å². The zero-order chi connectivity index (χ0) is 12.5. The van der Waals surface area contributed by atoms with Gasteiger partial charge in [0.15, 0.2) is 0 Å². The first-order valence-electron chi connectivity index (χ1n) is 6.51. The molecule has 2 unspecified atom stereocenters. The number of β-amino-alcohol motifs (C(OH)–C–C–N with tert-alkyl or cyclic N) is 1. The molecule has 0 aromatic carbocycles. The first-order valence-corrected chi connectivity index (χ1v) is 6.51. The molecule has 2 N–H and O–H groups in total. The summed E-state index contributed by atoms with van der Waals surface area (Å²) in [6.07, 6.45) is -0.322. The number of aliphatic hydroxyl groups excluding tert-OH is 1. The van der Waals surface area contributed by atoms with Crippen LogP contribution >= 0.6 is 0 Å². The molecule has 1 aliphatic rings. The van der Waals surface area contributed by atoms with Gasteiger partial charge in [0.2, 0.25) is 0 Å². The summed E-state index contributed by atoms with van der Waals surface area (Å²) < 4.78 is 10.6. The lowest BCUT2D eigenvalue weighted by molar-refractivity contribution is 0.0138. The van der Waals surface area contributed by atoms with Crippen LogP contribution < -0.4 is 5.32 Å². The number of nitrogens with one attached hydrogen (secondary N) is 1. The standard InChI is InChI=1S/C12H26N2O3/c1-3-16-10-11(2)13-8-12(15)9-14-4-6-17-7-5-14/h11-13,15H,3-10H2,1-2H3. The van der Waals surface area contributed by atoms with Crippen LogP contribution in [0.2, 0.25) is 0 Å². The molecule has 0 saturated carbocycles. The molecule has 1 fully saturated rings. The SMILES string of the molecule is CCOCC(C)NCC(O)CN1CCOCC1. The topological polar surface area (TPSA) is 54.0 Å². The normalized spacial score (nSPS) is 21.4. The fraction of sp³-hybridized carbons (Fsp3) is 1.00. The lowest BCUT2D eigenvalue weighted by atomic mass is 10.2. The second kappa shape index (κ2) is 8.83. The molecule has 1 rings (SSSR count). The van der Waals surface area contributed by atoms with Crippen molar-refractivity contribution < 1.29 is 14.6 Å². The van der Waals surface area contributed by atoms with Crippen LogP contribution in [0.3, 0.4) is 0 Å². The van der Waals surface area contributed by atoms with Gasteiger partial charge in [-0.05, 0) is 13.8 Å². The van der Waals surface area contributed by atoms with Gasteiger partial charge in [-0.3, -0.25) is 4.90 Å². The third-order valence-corrected chi connectivity index (χ3v) is 2.85. The molecular formula is C12H26N2O3. The van der Waals surface area contributed by atoms with Crippen LogP contribution in [0.1, 0.15) is 13.8 Å². The number of morpholine rings is 1. The van der Waals surface area contributed by atoms with Crippen molar-refractivity contribution in [1.29, 1.82) is 0 Å². The van der Waals surface area contributed by atoms with E-state index in [0.717, 1.165) is 39.5 Å². The van der Waals surface area contributed by atoms with E-state index in [9.17, 15) is 5.11 Å². The Kier molecular flexibility index (Phi) is 7.72. The Balaban J connectivity index is 2.05. The molecule has 0 spiro atoms. The van der Waals surface area contributed by atoms with Gasteiger partial charge in [-0.1, -0.05) is 0 Å². The molecule has 5 heteroatoms. The molecule has 0 amide bonds. The first-order chi connectivity index (χ1) is 8.22. The number of ether oxygens (including phenoxy) is 2. The fourth-order valence-corrected chi connectivity index (χ4v) is 1.84. The number of hydrogen-bond acceptors (Lipinski definition) is 5. The van der Waals surface area contributed by atoms with Crippen molar-refractivity contribution in [2.24, 2.45) is 0 Å². The first kappa shape index (κ1) is 14.9. The second-order valence-electron chi connectivity index (χ2n) is 4.54. The van der Waals surface area contributed by atoms with Gasteiger partial charge in [-0.15, -0.1) is 0 Å². The maximum Gasteiger partial charge on any atom is 0.0791 e. The summed E-state index contributed by atoms with van der Waals surface area (Å²) in [5.41, 5.74) is 0. The summed E-state index contributed by atoms with van der Waals surface area (Å²) in [6.45, 7) is 10.2. The lowest BCUT2D eigenvalue weighted by Gasteiger charge is -2.29. The van der Waals surface area contributed by atoms with Crippen molar-refractivity contribution >= 4 is 0 Å². The molecule has 0 aliphatic carbocycles. The van der Waals surface area contributed by atoms with Gasteiger partial charge in [0.1, 0.15) is 0 Å². The van der Waals surface area contributed by atoms with E-state index in [-0.39, 0.29) is 12.1 Å². The van der Waals surface area contributed by atoms with Crippen LogP contribution in [-0.2, 0) is 9.47 Å². The van der Waals surface area contributed by atoms with Crippen LogP contribution in [0, 0.1) is 0 Å². The highest BCUT2D eigenvalue weighted by molar-refractivity contribution is 4.71. The molecule has 102 valence electrons. The van der Waals surface area contributed by atoms with Crippen LogP contribution in [0.5, 0.6) is 0 Å². The van der Waals surface area contributed by atoms with Crippen LogP contribution in [0.4, 0.5) is 0 Å². The summed E-state index contributed by atoms with van der Waals surface area (Å²) in [6, 6.07) is 0.286. The summed E-state index contributed by atoms with van der Waals surface area (Å²) in [5.74, 6) is 0. The van der Waals surface area contributed by atoms with Crippen LogP contribution in [0.15, 0.2) is 0 Å². The zero-order valence-electron chi connectivity index (χ0n) is 11.0. The van der Waals surface area contributed by atoms with Crippen molar-refractivity contribution in [3.05, 3.63) is 0 Å². The van der Waals surface area contributed by atoms with Gasteiger partial charge in [0.25, 0.3) is 0 Å². The molecule has 0 bridgehead atoms. The van der Waals surface area contributed by atoms with Gasteiger partial charge in [-0.25, -0.2) is 0 Å². The minimum absolute atomic E-state index is 0.286. The summed E-state index contributed by atoms with van der Waals surface area (Å²) >= 11 is 0. The molecule has 2 atom stereocenters. The Hall–Kier alpha value is -0.200.